The number of carbonyl (C=O) groups excluding carboxylic acids is 6. The highest BCUT2D eigenvalue weighted by atomic mass is 16.6. The lowest BCUT2D eigenvalue weighted by Crippen LogP contribution is -2.61. The number of nitrogens with zero attached hydrogens (tertiary/aromatic N) is 16. The number of oxazole rings is 1. The molecule has 1 aliphatic carbocycles. The van der Waals surface area contributed by atoms with Gasteiger partial charge < -0.3 is 88.6 Å². The van der Waals surface area contributed by atoms with Gasteiger partial charge in [0.25, 0.3) is 17.7 Å². The van der Waals surface area contributed by atoms with Crippen molar-refractivity contribution >= 4 is 75.0 Å². The Balaban J connectivity index is 0.515. The summed E-state index contributed by atoms with van der Waals surface area (Å²) in [5, 5.41) is 50.3. The molecule has 0 unspecified atom stereocenters. The molecule has 8 aromatic rings. The summed E-state index contributed by atoms with van der Waals surface area (Å²) in [6, 6.07) is 12.3. The molecule has 13 rings (SSSR count). The summed E-state index contributed by atoms with van der Waals surface area (Å²) in [5.41, 5.74) is 20.8. The van der Waals surface area contributed by atoms with Crippen LogP contribution in [0.2, 0.25) is 0 Å². The van der Waals surface area contributed by atoms with Gasteiger partial charge in [-0.1, -0.05) is 99.7 Å². The maximum Gasteiger partial charge on any atom is 0.329 e. The number of cyclic esters (lactones) is 1. The second kappa shape index (κ2) is 50.6. The minimum Gasteiger partial charge on any atom is -0.460 e. The third kappa shape index (κ3) is 27.8. The maximum absolute atomic E-state index is 15.0. The minimum absolute atomic E-state index is 0.0158. The minimum atomic E-state index is -2.48. The normalized spacial score (nSPS) is 26.2. The fourth-order valence-corrected chi connectivity index (χ4v) is 18.9. The third-order valence-corrected chi connectivity index (χ3v) is 26.9. The predicted molar refractivity (Wildman–Crippen MR) is 510 cm³/mol. The number of aliphatic hydroxyl groups excluding tert-OH is 1. The predicted octanol–water partition coefficient (Wildman–Crippen LogP) is 9.87. The summed E-state index contributed by atoms with van der Waals surface area (Å²) >= 11 is 0. The summed E-state index contributed by atoms with van der Waals surface area (Å²) in [5.74, 6) is -7.56. The average molecular weight is 1900 g/mol. The summed E-state index contributed by atoms with van der Waals surface area (Å²) in [7, 11) is 4.65. The molecule has 7 N–H and O–H groups in total. The zero-order valence-corrected chi connectivity index (χ0v) is 80.7. The number of ketones is 3. The molecular weight excluding hydrogens is 1760 g/mol. The van der Waals surface area contributed by atoms with E-state index < -0.39 is 83.7 Å². The zero-order valence-electron chi connectivity index (χ0n) is 80.7. The number of ether oxygens (including phenoxy) is 10. The van der Waals surface area contributed by atoms with Crippen LogP contribution in [0.1, 0.15) is 157 Å². The quantitative estimate of drug-likeness (QED) is 0.0105. The molecule has 2 bridgehead atoms. The number of Topliss-reactive ketones (excluding diaryl/α,β-unsaturated/α-hetero) is 3. The number of allylic oxidation sites excluding steroid dienone is 6. The van der Waals surface area contributed by atoms with Crippen molar-refractivity contribution in [1.29, 1.82) is 0 Å². The number of hydrogen-bond acceptors (Lipinski definition) is 33. The Bertz CT molecular complexity index is 5420. The van der Waals surface area contributed by atoms with Gasteiger partial charge in [-0.3, -0.25) is 28.9 Å². The number of aryl methyl sites for hydroxylation is 1. The molecule has 5 aliphatic rings. The number of rotatable bonds is 36. The summed E-state index contributed by atoms with van der Waals surface area (Å²) < 4.78 is 70.1. The SMILES string of the molecule is CO[C@H]1C[C@@H]2CC[C@@H](C)[C@@](O)(O2)C(=O)C(=O)N2CCCC[C@H]2C(=O)O[C@H]([C@H](C)C[C@@H]2CC[C@H](n3nncc3-c3cccc(-c4cnc(N5CCN(Cc6cn(CCOCCOCCOCCOCCOCCC(=O)NCCCCn7nc(-c8ccc9oc(N)nc9c8)c8c(N)ncnc87)nn6)CC5)nc4)c3)[C@H](OC)C2)CC(=O)[C@H](C)/C=C(\C)[C@@H](O)[C@@H](OC)C(=O)[C@H](C)C[C@H](C)/C=C/C=C/C=C/1C. The number of nitrogens with two attached hydrogens (primary N) is 2. The molecule has 38 heteroatoms. The summed E-state index contributed by atoms with van der Waals surface area (Å²) in [6.45, 7) is 22.1. The maximum atomic E-state index is 15.0. The molecule has 3 saturated heterocycles. The van der Waals surface area contributed by atoms with Crippen LogP contribution in [0.3, 0.4) is 0 Å². The van der Waals surface area contributed by atoms with E-state index in [9.17, 15) is 39.0 Å². The topological polar surface area (TPSA) is 466 Å². The fraction of sp³-hybridized carbons (Fsp3) is 0.596. The number of carbonyl (C=O) groups is 6. The number of aromatic nitrogens is 13. The van der Waals surface area contributed by atoms with Crippen molar-refractivity contribution in [2.45, 2.75) is 219 Å². The molecule has 742 valence electrons. The molecule has 38 nitrogen and oxygen atoms in total. The second-order valence-corrected chi connectivity index (χ2v) is 36.9. The van der Waals surface area contributed by atoms with Crippen molar-refractivity contribution in [3.05, 3.63) is 127 Å². The number of methoxy groups -OCH3 is 3. The molecule has 2 amide bonds. The Kier molecular flexibility index (Phi) is 38.2. The second-order valence-electron chi connectivity index (χ2n) is 36.9. The highest BCUT2D eigenvalue weighted by molar-refractivity contribution is 6.39. The Morgan fingerprint density at radius 1 is 0.723 bits per heavy atom. The lowest BCUT2D eigenvalue weighted by Gasteiger charge is -2.42. The Morgan fingerprint density at radius 3 is 2.20 bits per heavy atom. The lowest BCUT2D eigenvalue weighted by molar-refractivity contribution is -0.265. The number of unbranched alkanes of at least 4 members (excludes halogenated alkanes) is 1. The number of esters is 1. The van der Waals surface area contributed by atoms with Crippen molar-refractivity contribution in [3.63, 3.8) is 0 Å². The van der Waals surface area contributed by atoms with E-state index in [1.54, 1.807) is 62.7 Å². The first-order valence-corrected chi connectivity index (χ1v) is 48.2. The van der Waals surface area contributed by atoms with Crippen LogP contribution in [0.4, 0.5) is 17.8 Å². The van der Waals surface area contributed by atoms with Crippen molar-refractivity contribution in [3.8, 4) is 33.6 Å². The summed E-state index contributed by atoms with van der Waals surface area (Å²) in [6.07, 6.45) is 22.0. The van der Waals surface area contributed by atoms with Crippen LogP contribution < -0.4 is 21.7 Å². The van der Waals surface area contributed by atoms with Crippen molar-refractivity contribution in [2.24, 2.45) is 35.5 Å². The number of nitrogens with one attached hydrogen (secondary N) is 1. The first kappa shape index (κ1) is 103. The Labute approximate surface area is 799 Å². The van der Waals surface area contributed by atoms with E-state index in [1.165, 1.54) is 18.3 Å². The highest BCUT2D eigenvalue weighted by Crippen LogP contribution is 2.43. The van der Waals surface area contributed by atoms with Crippen LogP contribution >= 0.6 is 0 Å². The first-order chi connectivity index (χ1) is 66.3. The number of fused-ring (bicyclic) bond motifs is 5. The van der Waals surface area contributed by atoms with E-state index in [-0.39, 0.29) is 79.9 Å². The van der Waals surface area contributed by atoms with Crippen LogP contribution in [0.15, 0.2) is 126 Å². The molecule has 10 heterocycles. The largest absolute Gasteiger partial charge is 0.460 e. The van der Waals surface area contributed by atoms with E-state index >= 15 is 0 Å². The van der Waals surface area contributed by atoms with E-state index in [0.717, 1.165) is 84.7 Å². The van der Waals surface area contributed by atoms with E-state index in [4.69, 9.17) is 78.3 Å². The van der Waals surface area contributed by atoms with E-state index in [0.29, 0.717) is 189 Å². The first-order valence-electron chi connectivity index (χ1n) is 48.2. The van der Waals surface area contributed by atoms with Crippen LogP contribution in [-0.4, -0.2) is 295 Å². The average Bonchev–Trinajstić information content (AvgIpc) is 1.51. The number of aliphatic hydroxyl groups is 2. The van der Waals surface area contributed by atoms with Crippen LogP contribution in [0.25, 0.3) is 55.8 Å². The number of piperidine rings is 1. The van der Waals surface area contributed by atoms with Gasteiger partial charge in [0.1, 0.15) is 53.5 Å². The lowest BCUT2D eigenvalue weighted by atomic mass is 9.77. The number of piperazine rings is 1. The fourth-order valence-electron chi connectivity index (χ4n) is 18.9. The molecule has 4 aliphatic heterocycles. The summed E-state index contributed by atoms with van der Waals surface area (Å²) in [4.78, 5) is 114. The van der Waals surface area contributed by atoms with Gasteiger partial charge in [0.15, 0.2) is 17.0 Å². The number of amides is 2. The zero-order chi connectivity index (χ0) is 97.1. The van der Waals surface area contributed by atoms with Crippen molar-refractivity contribution < 1.29 is 90.8 Å². The van der Waals surface area contributed by atoms with Gasteiger partial charge in [0.2, 0.25) is 17.6 Å². The highest BCUT2D eigenvalue weighted by Gasteiger charge is 2.53. The van der Waals surface area contributed by atoms with E-state index in [2.05, 4.69) is 56.8 Å². The third-order valence-electron chi connectivity index (χ3n) is 26.9. The molecule has 4 fully saturated rings. The Hall–Kier alpha value is -10.9. The number of benzene rings is 2. The van der Waals surface area contributed by atoms with Gasteiger partial charge >= 0.3 is 5.97 Å². The van der Waals surface area contributed by atoms with Gasteiger partial charge in [-0.25, -0.2) is 38.8 Å². The van der Waals surface area contributed by atoms with Gasteiger partial charge in [0, 0.05) is 146 Å². The number of nitrogen functional groups attached to an aromatic ring is 2. The monoisotopic (exact) mass is 1900 g/mol. The smallest absolute Gasteiger partial charge is 0.329 e. The van der Waals surface area contributed by atoms with Gasteiger partial charge in [-0.2, -0.15) is 10.1 Å². The molecule has 0 spiro atoms. The molecule has 137 heavy (non-hydrogen) atoms. The molecular formula is C99H137N19O19. The molecule has 0 radical (unpaired) electrons. The van der Waals surface area contributed by atoms with Gasteiger partial charge in [-0.05, 0) is 150 Å². The van der Waals surface area contributed by atoms with Crippen LogP contribution in [0, 0.1) is 35.5 Å². The Morgan fingerprint density at radius 2 is 1.46 bits per heavy atom. The molecule has 15 atom stereocenters. The molecule has 6 aromatic heterocycles. The van der Waals surface area contributed by atoms with Crippen LogP contribution in [-0.2, 0) is 95.8 Å². The van der Waals surface area contributed by atoms with Gasteiger partial charge in [0.05, 0.1) is 120 Å². The number of anilines is 3. The van der Waals surface area contributed by atoms with E-state index in [1.807, 2.05) is 112 Å². The standard InChI is InChI=1S/C99H137N19O19/c1-63-19-12-11-13-20-64(2)83(127-8)55-76-27-24-69(7)99(126,137-76)92(123)95(124)116-32-16-14-23-79(116)96(125)135-84(56-81(119)65(3)50-68(6)90(122)91(129-10)89(121)67(5)49-63)66(4)51-70-25-28-78(85(52-70)128-9)118-80(59-107-111-118)72-22-18-21-71(53-72)74-57-103-98(104-58-74)114-36-34-113(35-37-114)60-75-61-115(112-109-75)38-40-131-42-44-133-46-48-134-47-45-132-43-41-130-39-30-86(120)102-31-15-17-33-117-94-87(93(100)105-62-106-94)88(110-117)73-26-29-82-77(54-73)108-97(101)136-82/h11-13,18-22,26,29,50,53-54,57-59,61-63,65-67,69-70,76,78-79,83-85,90-91,122,126H,14-17,23-25,27-28,30-49,51-52,55-56,60H2,1-10H3,(H2,101,108)(H,102,120)(H2,100,105,106)/b13-11+,19-12+,64-20+,68-50+/t63-,65-,66-,67-,69-,70+,76+,78+,79+,83+,84+,85-,90-,91+,99-/m1/s1. The number of hydrogen-bond donors (Lipinski definition) is 5. The van der Waals surface area contributed by atoms with Crippen LogP contribution in [0.5, 0.6) is 0 Å². The van der Waals surface area contributed by atoms with Crippen molar-refractivity contribution in [1.82, 2.24) is 79.8 Å². The molecule has 2 aromatic carbocycles. The van der Waals surface area contributed by atoms with Crippen molar-refractivity contribution in [2.75, 3.05) is 143 Å². The molecule has 1 saturated carbocycles. The van der Waals surface area contributed by atoms with Gasteiger partial charge in [-0.15, -0.1) is 10.2 Å².